The van der Waals surface area contributed by atoms with E-state index in [0.29, 0.717) is 5.41 Å². The fourth-order valence-electron chi connectivity index (χ4n) is 3.61. The highest BCUT2D eigenvalue weighted by Gasteiger charge is 2.18. The average Bonchev–Trinajstić information content (AvgIpc) is 2.32. The Labute approximate surface area is 122 Å². The molecular formula is C19H38. The Morgan fingerprint density at radius 1 is 0.579 bits per heavy atom. The minimum absolute atomic E-state index is 0.583. The highest BCUT2D eigenvalue weighted by atomic mass is 14.2. The van der Waals surface area contributed by atoms with Gasteiger partial charge in [-0.25, -0.2) is 0 Å². The average molecular weight is 267 g/mol. The molecule has 1 fully saturated rings. The molecule has 0 heterocycles. The van der Waals surface area contributed by atoms with Gasteiger partial charge in [0.1, 0.15) is 0 Å². The maximum Gasteiger partial charge on any atom is -0.0354 e. The summed E-state index contributed by atoms with van der Waals surface area (Å²) < 4.78 is 0. The van der Waals surface area contributed by atoms with Gasteiger partial charge in [0.15, 0.2) is 0 Å². The molecule has 114 valence electrons. The van der Waals surface area contributed by atoms with Crippen LogP contribution in [0.25, 0.3) is 0 Å². The molecule has 0 aromatic carbocycles. The molecule has 0 aromatic rings. The first-order valence-electron chi connectivity index (χ1n) is 8.99. The van der Waals surface area contributed by atoms with Crippen molar-refractivity contribution in [3.8, 4) is 0 Å². The molecule has 2 atom stereocenters. The fourth-order valence-corrected chi connectivity index (χ4v) is 3.61. The van der Waals surface area contributed by atoms with Crippen molar-refractivity contribution in [2.45, 2.75) is 105 Å². The molecule has 1 aliphatic carbocycles. The van der Waals surface area contributed by atoms with Crippen LogP contribution in [0, 0.1) is 17.3 Å². The smallest absolute Gasteiger partial charge is 0.0354 e. The molecule has 0 amide bonds. The zero-order valence-electron chi connectivity index (χ0n) is 14.1. The highest BCUT2D eigenvalue weighted by molar-refractivity contribution is 4.70. The molecule has 0 aromatic heterocycles. The van der Waals surface area contributed by atoms with E-state index < -0.39 is 0 Å². The molecule has 1 aliphatic rings. The van der Waals surface area contributed by atoms with Crippen LogP contribution in [0.15, 0.2) is 0 Å². The first-order chi connectivity index (χ1) is 8.99. The molecule has 0 heteroatoms. The Morgan fingerprint density at radius 3 is 1.37 bits per heavy atom. The quantitative estimate of drug-likeness (QED) is 0.443. The van der Waals surface area contributed by atoms with E-state index in [4.69, 9.17) is 0 Å². The van der Waals surface area contributed by atoms with E-state index in [0.717, 1.165) is 11.8 Å². The van der Waals surface area contributed by atoms with Gasteiger partial charge >= 0.3 is 0 Å². The zero-order chi connectivity index (χ0) is 14.1. The molecule has 19 heavy (non-hydrogen) atoms. The molecule has 2 unspecified atom stereocenters. The summed E-state index contributed by atoms with van der Waals surface area (Å²) >= 11 is 0. The van der Waals surface area contributed by atoms with Gasteiger partial charge in [-0.1, -0.05) is 91.9 Å². The lowest BCUT2D eigenvalue weighted by atomic mass is 9.80. The lowest BCUT2D eigenvalue weighted by molar-refractivity contribution is 0.267. The minimum atomic E-state index is 0.583. The van der Waals surface area contributed by atoms with Crippen LogP contribution in [0.2, 0.25) is 0 Å². The molecule has 0 spiro atoms. The molecular weight excluding hydrogens is 228 g/mol. The van der Waals surface area contributed by atoms with Crippen molar-refractivity contribution >= 4 is 0 Å². The Kier molecular flexibility index (Phi) is 8.11. The summed E-state index contributed by atoms with van der Waals surface area (Å²) in [5, 5.41) is 0. The lowest BCUT2D eigenvalue weighted by Gasteiger charge is -2.26. The third kappa shape index (κ3) is 8.71. The standard InChI is InChI=1S/C19H38/c1-17-11-7-5-6-8-12-18(2)14-10-16-19(3,4)15-9-13-17/h17-18H,5-16H2,1-4H3. The first-order valence-corrected chi connectivity index (χ1v) is 8.99. The van der Waals surface area contributed by atoms with Gasteiger partial charge in [-0.15, -0.1) is 0 Å². The van der Waals surface area contributed by atoms with E-state index in [1.807, 2.05) is 0 Å². The summed E-state index contributed by atoms with van der Waals surface area (Å²) in [6, 6.07) is 0. The Morgan fingerprint density at radius 2 is 0.947 bits per heavy atom. The van der Waals surface area contributed by atoms with Gasteiger partial charge in [0.05, 0.1) is 0 Å². The van der Waals surface area contributed by atoms with Crippen molar-refractivity contribution < 1.29 is 0 Å². The van der Waals surface area contributed by atoms with Gasteiger partial charge < -0.3 is 0 Å². The molecule has 0 aliphatic heterocycles. The second-order valence-electron chi connectivity index (χ2n) is 8.15. The summed E-state index contributed by atoms with van der Waals surface area (Å²) in [6.07, 6.45) is 17.5. The Balaban J connectivity index is 2.39. The van der Waals surface area contributed by atoms with E-state index in [9.17, 15) is 0 Å². The summed E-state index contributed by atoms with van der Waals surface area (Å²) in [6.45, 7) is 9.90. The van der Waals surface area contributed by atoms with Crippen molar-refractivity contribution in [3.63, 3.8) is 0 Å². The molecule has 0 bridgehead atoms. The van der Waals surface area contributed by atoms with Crippen LogP contribution in [-0.4, -0.2) is 0 Å². The van der Waals surface area contributed by atoms with Gasteiger partial charge in [-0.3, -0.25) is 0 Å². The number of hydrogen-bond acceptors (Lipinski definition) is 0. The number of hydrogen-bond donors (Lipinski definition) is 0. The van der Waals surface area contributed by atoms with Crippen molar-refractivity contribution in [1.82, 2.24) is 0 Å². The van der Waals surface area contributed by atoms with Crippen LogP contribution < -0.4 is 0 Å². The topological polar surface area (TPSA) is 0 Å². The van der Waals surface area contributed by atoms with Gasteiger partial charge in [0.2, 0.25) is 0 Å². The van der Waals surface area contributed by atoms with Crippen molar-refractivity contribution in [1.29, 1.82) is 0 Å². The molecule has 0 N–H and O–H groups in total. The predicted octanol–water partition coefficient (Wildman–Crippen LogP) is 6.98. The third-order valence-electron chi connectivity index (χ3n) is 5.24. The summed E-state index contributed by atoms with van der Waals surface area (Å²) in [4.78, 5) is 0. The number of rotatable bonds is 0. The van der Waals surface area contributed by atoms with Crippen LogP contribution in [0.4, 0.5) is 0 Å². The predicted molar refractivity (Wildman–Crippen MR) is 87.5 cm³/mol. The van der Waals surface area contributed by atoms with Gasteiger partial charge in [0.25, 0.3) is 0 Å². The third-order valence-corrected chi connectivity index (χ3v) is 5.24. The second-order valence-corrected chi connectivity index (χ2v) is 8.15. The maximum atomic E-state index is 2.49. The Hall–Kier alpha value is 0. The van der Waals surface area contributed by atoms with E-state index in [-0.39, 0.29) is 0 Å². The molecule has 1 rings (SSSR count). The van der Waals surface area contributed by atoms with Crippen molar-refractivity contribution in [2.75, 3.05) is 0 Å². The van der Waals surface area contributed by atoms with E-state index in [1.165, 1.54) is 77.0 Å². The normalized spacial score (nSPS) is 32.2. The summed E-state index contributed by atoms with van der Waals surface area (Å²) in [7, 11) is 0. The van der Waals surface area contributed by atoms with E-state index in [1.54, 1.807) is 0 Å². The Bertz CT molecular complexity index is 194. The van der Waals surface area contributed by atoms with E-state index in [2.05, 4.69) is 27.7 Å². The lowest BCUT2D eigenvalue weighted by Crippen LogP contribution is -2.12. The maximum absolute atomic E-state index is 2.49. The van der Waals surface area contributed by atoms with Crippen LogP contribution >= 0.6 is 0 Å². The zero-order valence-corrected chi connectivity index (χ0v) is 14.1. The van der Waals surface area contributed by atoms with Crippen LogP contribution in [0.5, 0.6) is 0 Å². The van der Waals surface area contributed by atoms with Crippen molar-refractivity contribution in [2.24, 2.45) is 17.3 Å². The minimum Gasteiger partial charge on any atom is -0.0625 e. The largest absolute Gasteiger partial charge is 0.0625 e. The highest BCUT2D eigenvalue weighted by Crippen LogP contribution is 2.32. The van der Waals surface area contributed by atoms with Gasteiger partial charge in [-0.05, 0) is 30.1 Å². The van der Waals surface area contributed by atoms with Crippen LogP contribution in [0.3, 0.4) is 0 Å². The first kappa shape index (κ1) is 17.1. The van der Waals surface area contributed by atoms with Gasteiger partial charge in [0, 0.05) is 0 Å². The van der Waals surface area contributed by atoms with Gasteiger partial charge in [-0.2, -0.15) is 0 Å². The summed E-state index contributed by atoms with van der Waals surface area (Å²) in [5.74, 6) is 1.92. The molecule has 0 nitrogen and oxygen atoms in total. The summed E-state index contributed by atoms with van der Waals surface area (Å²) in [5.41, 5.74) is 0.583. The van der Waals surface area contributed by atoms with E-state index >= 15 is 0 Å². The van der Waals surface area contributed by atoms with Crippen LogP contribution in [-0.2, 0) is 0 Å². The molecule has 0 radical (unpaired) electrons. The fraction of sp³-hybridized carbons (Fsp3) is 1.00. The van der Waals surface area contributed by atoms with Crippen LogP contribution in [0.1, 0.15) is 105 Å². The molecule has 0 saturated heterocycles. The monoisotopic (exact) mass is 266 g/mol. The SMILES string of the molecule is CC1CCCCCCC(C)CCCC(C)(C)CCC1. The van der Waals surface area contributed by atoms with Crippen molar-refractivity contribution in [3.05, 3.63) is 0 Å². The molecule has 1 saturated carbocycles. The second kappa shape index (κ2) is 9.03.